The van der Waals surface area contributed by atoms with E-state index in [0.717, 1.165) is 11.3 Å². The Morgan fingerprint density at radius 2 is 2.06 bits per heavy atom. The molecule has 0 unspecified atom stereocenters. The van der Waals surface area contributed by atoms with E-state index in [1.807, 2.05) is 0 Å². The molecule has 0 saturated heterocycles. The van der Waals surface area contributed by atoms with Gasteiger partial charge in [-0.1, -0.05) is 23.7 Å². The number of carbonyl (C=O) groups is 2. The van der Waals surface area contributed by atoms with Crippen LogP contribution < -0.4 is 4.74 Å². The highest BCUT2D eigenvalue weighted by atomic mass is 35.5. The predicted octanol–water partition coefficient (Wildman–Crippen LogP) is 2.71. The minimum Gasteiger partial charge on any atom is -0.476 e. The fourth-order valence-corrected chi connectivity index (χ4v) is 2.04. The fraction of sp³-hybridized carbons (Fsp3) is 0. The van der Waals surface area contributed by atoms with Crippen LogP contribution >= 0.6 is 22.9 Å². The van der Waals surface area contributed by atoms with E-state index in [1.54, 1.807) is 18.2 Å². The van der Waals surface area contributed by atoms with E-state index in [1.165, 1.54) is 11.6 Å². The number of hydrogen-bond acceptors (Lipinski definition) is 5. The highest BCUT2D eigenvalue weighted by Crippen LogP contribution is 2.25. The molecule has 7 heteroatoms. The zero-order chi connectivity index (χ0) is 13.1. The number of carboxylic acids is 1. The molecule has 0 radical (unpaired) electrons. The highest BCUT2D eigenvalue weighted by molar-refractivity contribution is 7.12. The molecule has 0 aliphatic heterocycles. The topological polar surface area (TPSA) is 76.5 Å². The summed E-state index contributed by atoms with van der Waals surface area (Å²) in [4.78, 5) is 26.1. The number of rotatable bonds is 3. The molecular formula is C11H6ClNO4S. The second-order valence-corrected chi connectivity index (χ2v) is 4.42. The number of carboxylic acid groups (broad SMARTS) is 1. The quantitative estimate of drug-likeness (QED) is 0.692. The average molecular weight is 284 g/mol. The Morgan fingerprint density at radius 1 is 1.33 bits per heavy atom. The fourth-order valence-electron chi connectivity index (χ4n) is 1.22. The number of thiazole rings is 1. The Hall–Kier alpha value is -1.92. The van der Waals surface area contributed by atoms with Crippen LogP contribution in [-0.4, -0.2) is 22.0 Å². The van der Waals surface area contributed by atoms with E-state index in [4.69, 9.17) is 21.4 Å². The maximum absolute atomic E-state index is 11.8. The van der Waals surface area contributed by atoms with Crippen LogP contribution in [0, 0.1) is 0 Å². The van der Waals surface area contributed by atoms with Crippen LogP contribution in [0.5, 0.6) is 5.75 Å². The Morgan fingerprint density at radius 3 is 2.72 bits per heavy atom. The van der Waals surface area contributed by atoms with E-state index < -0.39 is 11.9 Å². The molecule has 5 nitrogen and oxygen atoms in total. The third-order valence-electron chi connectivity index (χ3n) is 1.99. The second kappa shape index (κ2) is 5.16. The molecule has 0 saturated carbocycles. The van der Waals surface area contributed by atoms with Gasteiger partial charge in [0.25, 0.3) is 0 Å². The molecule has 0 aliphatic carbocycles. The number of benzene rings is 1. The van der Waals surface area contributed by atoms with Gasteiger partial charge in [-0.25, -0.2) is 14.6 Å². The average Bonchev–Trinajstić information content (AvgIpc) is 2.81. The number of ether oxygens (including phenoxy) is 1. The molecule has 1 heterocycles. The number of nitrogens with zero attached hydrogens (tertiary/aromatic N) is 1. The summed E-state index contributed by atoms with van der Waals surface area (Å²) < 4.78 is 5.02. The monoisotopic (exact) mass is 283 g/mol. The van der Waals surface area contributed by atoms with Crippen molar-refractivity contribution in [1.82, 2.24) is 4.98 Å². The summed E-state index contributed by atoms with van der Waals surface area (Å²) in [7, 11) is 0. The van der Waals surface area contributed by atoms with Gasteiger partial charge in [0.15, 0.2) is 5.69 Å². The standard InChI is InChI=1S/C11H6ClNO4S/c12-6-3-1-2-4-7(6)17-11(16)9-8(10(14)15)13-5-18-9/h1-5H,(H,14,15). The number of carbonyl (C=O) groups excluding carboxylic acids is 1. The molecule has 92 valence electrons. The van der Waals surface area contributed by atoms with Gasteiger partial charge in [-0.2, -0.15) is 0 Å². The van der Waals surface area contributed by atoms with E-state index in [2.05, 4.69) is 4.98 Å². The lowest BCUT2D eigenvalue weighted by molar-refractivity contribution is 0.0665. The Bertz CT molecular complexity index is 611. The number of halogens is 1. The van der Waals surface area contributed by atoms with E-state index in [9.17, 15) is 9.59 Å². The lowest BCUT2D eigenvalue weighted by Crippen LogP contribution is -2.12. The van der Waals surface area contributed by atoms with Crippen molar-refractivity contribution < 1.29 is 19.4 Å². The first-order chi connectivity index (χ1) is 8.59. The van der Waals surface area contributed by atoms with E-state index >= 15 is 0 Å². The van der Waals surface area contributed by atoms with Gasteiger partial charge in [0, 0.05) is 0 Å². The molecule has 18 heavy (non-hydrogen) atoms. The molecule has 1 N–H and O–H groups in total. The Labute approximate surface area is 111 Å². The summed E-state index contributed by atoms with van der Waals surface area (Å²) in [5, 5.41) is 9.11. The predicted molar refractivity (Wildman–Crippen MR) is 65.5 cm³/mol. The molecule has 1 aromatic heterocycles. The number of para-hydroxylation sites is 1. The van der Waals surface area contributed by atoms with E-state index in [0.29, 0.717) is 0 Å². The number of esters is 1. The normalized spacial score (nSPS) is 10.1. The molecule has 2 rings (SSSR count). The number of aromatic carboxylic acids is 1. The summed E-state index contributed by atoms with van der Waals surface area (Å²) in [5.41, 5.74) is 0.948. The van der Waals surface area contributed by atoms with Gasteiger partial charge in [-0.05, 0) is 12.1 Å². The number of hydrogen-bond donors (Lipinski definition) is 1. The summed E-state index contributed by atoms with van der Waals surface area (Å²) in [6.45, 7) is 0. The summed E-state index contributed by atoms with van der Waals surface area (Å²) in [6, 6.07) is 6.42. The Kier molecular flexibility index (Phi) is 3.59. The van der Waals surface area contributed by atoms with Gasteiger partial charge in [-0.15, -0.1) is 11.3 Å². The zero-order valence-corrected chi connectivity index (χ0v) is 10.4. The molecule has 0 atom stereocenters. The van der Waals surface area contributed by atoms with Crippen molar-refractivity contribution >= 4 is 34.9 Å². The highest BCUT2D eigenvalue weighted by Gasteiger charge is 2.22. The molecule has 0 aliphatic rings. The van der Waals surface area contributed by atoms with E-state index in [-0.39, 0.29) is 21.3 Å². The summed E-state index contributed by atoms with van der Waals surface area (Å²) in [5.74, 6) is -1.89. The SMILES string of the molecule is O=C(O)c1ncsc1C(=O)Oc1ccccc1Cl. The van der Waals surface area contributed by atoms with Gasteiger partial charge in [0.1, 0.15) is 10.6 Å². The minimum absolute atomic E-state index is 0.0672. The van der Waals surface area contributed by atoms with Crippen LogP contribution in [0.4, 0.5) is 0 Å². The van der Waals surface area contributed by atoms with Crippen molar-refractivity contribution in [3.05, 3.63) is 45.4 Å². The van der Waals surface area contributed by atoms with Gasteiger partial charge in [-0.3, -0.25) is 0 Å². The van der Waals surface area contributed by atoms with Crippen molar-refractivity contribution in [2.45, 2.75) is 0 Å². The molecule has 2 aromatic rings. The molecule has 0 amide bonds. The largest absolute Gasteiger partial charge is 0.476 e. The maximum atomic E-state index is 11.8. The molecular weight excluding hydrogens is 278 g/mol. The van der Waals surface area contributed by atoms with Crippen LogP contribution in [0.3, 0.4) is 0 Å². The first kappa shape index (κ1) is 12.5. The van der Waals surface area contributed by atoms with Gasteiger partial charge in [0.2, 0.25) is 0 Å². The Balaban J connectivity index is 2.25. The first-order valence-electron chi connectivity index (χ1n) is 4.73. The van der Waals surface area contributed by atoms with Crippen LogP contribution in [0.15, 0.2) is 29.8 Å². The number of aromatic nitrogens is 1. The maximum Gasteiger partial charge on any atom is 0.356 e. The zero-order valence-electron chi connectivity index (χ0n) is 8.79. The first-order valence-corrected chi connectivity index (χ1v) is 5.99. The van der Waals surface area contributed by atoms with Crippen molar-refractivity contribution in [2.24, 2.45) is 0 Å². The van der Waals surface area contributed by atoms with Gasteiger partial charge in [0.05, 0.1) is 10.5 Å². The van der Waals surface area contributed by atoms with Gasteiger partial charge < -0.3 is 9.84 Å². The summed E-state index contributed by atoms with van der Waals surface area (Å²) >= 11 is 6.73. The molecule has 0 fully saturated rings. The van der Waals surface area contributed by atoms with Crippen LogP contribution in [0.25, 0.3) is 0 Å². The second-order valence-electron chi connectivity index (χ2n) is 3.16. The smallest absolute Gasteiger partial charge is 0.356 e. The third-order valence-corrected chi connectivity index (χ3v) is 3.11. The lowest BCUT2D eigenvalue weighted by atomic mass is 10.3. The molecule has 0 spiro atoms. The van der Waals surface area contributed by atoms with Crippen LogP contribution in [-0.2, 0) is 0 Å². The van der Waals surface area contributed by atoms with Crippen LogP contribution in [0.1, 0.15) is 20.2 Å². The van der Waals surface area contributed by atoms with Crippen LogP contribution in [0.2, 0.25) is 5.02 Å². The third kappa shape index (κ3) is 2.49. The van der Waals surface area contributed by atoms with Crippen molar-refractivity contribution in [3.63, 3.8) is 0 Å². The van der Waals surface area contributed by atoms with Crippen molar-refractivity contribution in [1.29, 1.82) is 0 Å². The minimum atomic E-state index is -1.28. The molecule has 0 bridgehead atoms. The molecule has 1 aromatic carbocycles. The summed E-state index contributed by atoms with van der Waals surface area (Å²) in [6.07, 6.45) is 0. The van der Waals surface area contributed by atoms with Gasteiger partial charge >= 0.3 is 11.9 Å². The van der Waals surface area contributed by atoms with Crippen molar-refractivity contribution in [3.8, 4) is 5.75 Å². The van der Waals surface area contributed by atoms with Crippen molar-refractivity contribution in [2.75, 3.05) is 0 Å². The lowest BCUT2D eigenvalue weighted by Gasteiger charge is -2.04.